The Morgan fingerprint density at radius 1 is 1.13 bits per heavy atom. The molecule has 0 atom stereocenters. The van der Waals surface area contributed by atoms with Crippen molar-refractivity contribution in [1.82, 2.24) is 4.72 Å². The number of hydrogen-bond donors (Lipinski definition) is 2. The van der Waals surface area contributed by atoms with E-state index in [1.54, 1.807) is 13.8 Å². The average Bonchev–Trinajstić information content (AvgIpc) is 1.74. The Bertz CT molecular complexity index is 288. The standard InChI is InChI=1S/C10H23NO3S/c1-9(2,3)8-15(13,14)11-10(4,5)6-7-12/h11-12H,6-8H2,1-5H3. The van der Waals surface area contributed by atoms with E-state index in [4.69, 9.17) is 5.11 Å². The van der Waals surface area contributed by atoms with Gasteiger partial charge in [-0.1, -0.05) is 20.8 Å². The van der Waals surface area contributed by atoms with Crippen LogP contribution in [0, 0.1) is 5.41 Å². The Labute approximate surface area is 93.1 Å². The number of sulfonamides is 1. The van der Waals surface area contributed by atoms with Crippen LogP contribution in [-0.2, 0) is 10.0 Å². The molecule has 4 nitrogen and oxygen atoms in total. The van der Waals surface area contributed by atoms with E-state index < -0.39 is 15.6 Å². The zero-order chi connectivity index (χ0) is 12.3. The molecule has 0 spiro atoms. The number of hydrogen-bond acceptors (Lipinski definition) is 3. The maximum atomic E-state index is 11.7. The number of rotatable bonds is 5. The highest BCUT2D eigenvalue weighted by Gasteiger charge is 2.28. The predicted octanol–water partition coefficient (Wildman–Crippen LogP) is 1.11. The van der Waals surface area contributed by atoms with Crippen molar-refractivity contribution in [3.05, 3.63) is 0 Å². The summed E-state index contributed by atoms with van der Waals surface area (Å²) >= 11 is 0. The van der Waals surface area contributed by atoms with Crippen molar-refractivity contribution < 1.29 is 13.5 Å². The summed E-state index contributed by atoms with van der Waals surface area (Å²) in [6, 6.07) is 0. The van der Waals surface area contributed by atoms with Gasteiger partial charge in [-0.3, -0.25) is 0 Å². The molecule has 15 heavy (non-hydrogen) atoms. The largest absolute Gasteiger partial charge is 0.396 e. The van der Waals surface area contributed by atoms with E-state index in [9.17, 15) is 8.42 Å². The molecule has 0 fully saturated rings. The fourth-order valence-corrected chi connectivity index (χ4v) is 3.51. The average molecular weight is 237 g/mol. The van der Waals surface area contributed by atoms with Gasteiger partial charge in [-0.2, -0.15) is 0 Å². The van der Waals surface area contributed by atoms with Gasteiger partial charge in [-0.25, -0.2) is 13.1 Å². The van der Waals surface area contributed by atoms with Crippen molar-refractivity contribution in [2.24, 2.45) is 5.41 Å². The second-order valence-electron chi connectivity index (χ2n) is 5.78. The van der Waals surface area contributed by atoms with Gasteiger partial charge in [0, 0.05) is 12.1 Å². The summed E-state index contributed by atoms with van der Waals surface area (Å²) in [6.45, 7) is 9.15. The van der Waals surface area contributed by atoms with Crippen molar-refractivity contribution in [2.45, 2.75) is 46.6 Å². The van der Waals surface area contributed by atoms with Crippen LogP contribution in [-0.4, -0.2) is 31.4 Å². The Balaban J connectivity index is 4.52. The molecule has 2 N–H and O–H groups in total. The molecule has 5 heteroatoms. The van der Waals surface area contributed by atoms with E-state index in [0.717, 1.165) is 0 Å². The van der Waals surface area contributed by atoms with Crippen LogP contribution in [0.1, 0.15) is 41.0 Å². The van der Waals surface area contributed by atoms with Crippen molar-refractivity contribution in [3.63, 3.8) is 0 Å². The third-order valence-electron chi connectivity index (χ3n) is 1.79. The number of aliphatic hydroxyl groups is 1. The molecule has 92 valence electrons. The monoisotopic (exact) mass is 237 g/mol. The summed E-state index contributed by atoms with van der Waals surface area (Å²) in [4.78, 5) is 0. The van der Waals surface area contributed by atoms with Crippen molar-refractivity contribution in [2.75, 3.05) is 12.4 Å². The number of nitrogens with one attached hydrogen (secondary N) is 1. The van der Waals surface area contributed by atoms with Gasteiger partial charge in [0.15, 0.2) is 0 Å². The third kappa shape index (κ3) is 7.76. The fourth-order valence-electron chi connectivity index (χ4n) is 1.36. The molecule has 0 aliphatic heterocycles. The van der Waals surface area contributed by atoms with Gasteiger partial charge in [-0.05, 0) is 25.7 Å². The van der Waals surface area contributed by atoms with Gasteiger partial charge in [0.25, 0.3) is 0 Å². The molecule has 0 heterocycles. The van der Waals surface area contributed by atoms with Crippen molar-refractivity contribution >= 4 is 10.0 Å². The molecule has 0 unspecified atom stereocenters. The van der Waals surface area contributed by atoms with Gasteiger partial charge in [-0.15, -0.1) is 0 Å². The van der Waals surface area contributed by atoms with Gasteiger partial charge in [0.1, 0.15) is 0 Å². The van der Waals surface area contributed by atoms with E-state index in [1.165, 1.54) is 0 Å². The third-order valence-corrected chi connectivity index (χ3v) is 3.90. The molecular weight excluding hydrogens is 214 g/mol. The summed E-state index contributed by atoms with van der Waals surface area (Å²) in [5.41, 5.74) is -0.847. The molecule has 0 amide bonds. The quantitative estimate of drug-likeness (QED) is 0.753. The summed E-state index contributed by atoms with van der Waals surface area (Å²) in [5.74, 6) is 0.0921. The van der Waals surface area contributed by atoms with Crippen LogP contribution in [0.2, 0.25) is 0 Å². The highest BCUT2D eigenvalue weighted by molar-refractivity contribution is 7.89. The van der Waals surface area contributed by atoms with E-state index >= 15 is 0 Å². The molecule has 0 saturated carbocycles. The summed E-state index contributed by atoms with van der Waals surface area (Å²) in [6.07, 6.45) is 0.413. The number of aliphatic hydroxyl groups excluding tert-OH is 1. The van der Waals surface area contributed by atoms with E-state index in [-0.39, 0.29) is 17.8 Å². The van der Waals surface area contributed by atoms with E-state index in [1.807, 2.05) is 20.8 Å². The van der Waals surface area contributed by atoms with Crippen LogP contribution in [0.5, 0.6) is 0 Å². The summed E-state index contributed by atoms with van der Waals surface area (Å²) in [7, 11) is -3.28. The van der Waals surface area contributed by atoms with Gasteiger partial charge in [0.2, 0.25) is 10.0 Å². The second kappa shape index (κ2) is 4.80. The minimum atomic E-state index is -3.28. The van der Waals surface area contributed by atoms with Crippen LogP contribution in [0.15, 0.2) is 0 Å². The van der Waals surface area contributed by atoms with E-state index in [0.29, 0.717) is 6.42 Å². The maximum Gasteiger partial charge on any atom is 0.212 e. The van der Waals surface area contributed by atoms with Gasteiger partial charge < -0.3 is 5.11 Å². The molecule has 0 radical (unpaired) electrons. The first kappa shape index (κ1) is 14.9. The molecule has 0 aliphatic carbocycles. The highest BCUT2D eigenvalue weighted by atomic mass is 32.2. The summed E-state index contributed by atoms with van der Waals surface area (Å²) in [5, 5.41) is 8.80. The molecule has 0 aromatic rings. The van der Waals surface area contributed by atoms with Crippen molar-refractivity contribution in [3.8, 4) is 0 Å². The SMILES string of the molecule is CC(C)(C)CS(=O)(=O)NC(C)(C)CCO. The lowest BCUT2D eigenvalue weighted by Crippen LogP contribution is -2.46. The second-order valence-corrected chi connectivity index (χ2v) is 7.50. The summed E-state index contributed by atoms with van der Waals surface area (Å²) < 4.78 is 26.1. The zero-order valence-electron chi connectivity index (χ0n) is 10.3. The molecule has 0 rings (SSSR count). The smallest absolute Gasteiger partial charge is 0.212 e. The van der Waals surface area contributed by atoms with Crippen LogP contribution in [0.4, 0.5) is 0 Å². The van der Waals surface area contributed by atoms with E-state index in [2.05, 4.69) is 4.72 Å². The Hall–Kier alpha value is -0.130. The Morgan fingerprint density at radius 2 is 1.60 bits per heavy atom. The lowest BCUT2D eigenvalue weighted by Gasteiger charge is -2.27. The molecular formula is C10H23NO3S. The molecule has 0 aliphatic rings. The molecule has 0 saturated heterocycles. The fraction of sp³-hybridized carbons (Fsp3) is 1.00. The van der Waals surface area contributed by atoms with Crippen LogP contribution in [0.3, 0.4) is 0 Å². The molecule has 0 bridgehead atoms. The van der Waals surface area contributed by atoms with Crippen LogP contribution >= 0.6 is 0 Å². The first-order valence-corrected chi connectivity index (χ1v) is 6.75. The normalized spacial score (nSPS) is 14.3. The minimum Gasteiger partial charge on any atom is -0.396 e. The van der Waals surface area contributed by atoms with Crippen LogP contribution < -0.4 is 4.72 Å². The Morgan fingerprint density at radius 3 is 1.93 bits per heavy atom. The predicted molar refractivity (Wildman–Crippen MR) is 62.2 cm³/mol. The molecule has 0 aromatic heterocycles. The van der Waals surface area contributed by atoms with Crippen LogP contribution in [0.25, 0.3) is 0 Å². The maximum absolute atomic E-state index is 11.7. The lowest BCUT2D eigenvalue weighted by molar-refractivity contribution is 0.245. The van der Waals surface area contributed by atoms with Gasteiger partial charge in [0.05, 0.1) is 5.75 Å². The highest BCUT2D eigenvalue weighted by Crippen LogP contribution is 2.18. The topological polar surface area (TPSA) is 66.4 Å². The van der Waals surface area contributed by atoms with Gasteiger partial charge >= 0.3 is 0 Å². The Kier molecular flexibility index (Phi) is 4.76. The first-order chi connectivity index (χ1) is 6.47. The first-order valence-electron chi connectivity index (χ1n) is 5.10. The van der Waals surface area contributed by atoms with Crippen molar-refractivity contribution in [1.29, 1.82) is 0 Å². The molecule has 0 aromatic carbocycles. The lowest BCUT2D eigenvalue weighted by atomic mass is 10.0. The zero-order valence-corrected chi connectivity index (χ0v) is 11.1. The minimum absolute atomic E-state index is 0.0228.